The van der Waals surface area contributed by atoms with Crippen molar-refractivity contribution in [3.05, 3.63) is 35.4 Å². The quantitative estimate of drug-likeness (QED) is 0.417. The maximum atomic E-state index is 12.5. The minimum absolute atomic E-state index is 0. The maximum Gasteiger partial charge on any atom is 0.253 e. The van der Waals surface area contributed by atoms with Gasteiger partial charge < -0.3 is 15.5 Å². The van der Waals surface area contributed by atoms with Crippen LogP contribution in [0.5, 0.6) is 0 Å². The van der Waals surface area contributed by atoms with Crippen LogP contribution in [0.4, 0.5) is 0 Å². The van der Waals surface area contributed by atoms with Crippen LogP contribution in [0.25, 0.3) is 0 Å². The van der Waals surface area contributed by atoms with Crippen LogP contribution in [0.3, 0.4) is 0 Å². The molecule has 2 saturated heterocycles. The number of rotatable bonds is 3. The van der Waals surface area contributed by atoms with Crippen molar-refractivity contribution in [3.63, 3.8) is 0 Å². The van der Waals surface area contributed by atoms with Crippen LogP contribution in [0.2, 0.25) is 0 Å². The highest BCUT2D eigenvalue weighted by Gasteiger charge is 2.17. The molecule has 1 aromatic rings. The van der Waals surface area contributed by atoms with Crippen molar-refractivity contribution >= 4 is 35.8 Å². The summed E-state index contributed by atoms with van der Waals surface area (Å²) in [7, 11) is 0. The number of carbonyl (C=O) groups excluding carboxylic acids is 1. The zero-order valence-corrected chi connectivity index (χ0v) is 17.9. The van der Waals surface area contributed by atoms with Gasteiger partial charge in [0.1, 0.15) is 0 Å². The number of hydrogen-bond donors (Lipinski definition) is 1. The second-order valence-corrected chi connectivity index (χ2v) is 7.13. The fraction of sp³-hybridized carbons (Fsp3) is 0.600. The molecule has 2 heterocycles. The van der Waals surface area contributed by atoms with E-state index in [4.69, 9.17) is 5.73 Å². The number of likely N-dealkylation sites (tertiary alicyclic amines) is 2. The standard InChI is InChI=1S/C20H30N4O.HI/c21-20(24-14-4-1-2-5-15-24)22-16-17-8-10-18(11-9-17)19(25)23-12-6-3-7-13-23;/h8-11H,1-7,12-16H2,(H2,21,22);1H. The molecule has 1 amide bonds. The first-order valence-corrected chi connectivity index (χ1v) is 9.67. The Hall–Kier alpha value is -1.31. The molecular weight excluding hydrogens is 439 g/mol. The van der Waals surface area contributed by atoms with Crippen molar-refractivity contribution < 1.29 is 4.79 Å². The molecule has 0 aliphatic carbocycles. The van der Waals surface area contributed by atoms with Crippen LogP contribution in [-0.2, 0) is 6.54 Å². The third-order valence-corrected chi connectivity index (χ3v) is 5.20. The lowest BCUT2D eigenvalue weighted by Gasteiger charge is -2.26. The monoisotopic (exact) mass is 470 g/mol. The Morgan fingerprint density at radius 1 is 0.846 bits per heavy atom. The Balaban J connectivity index is 0.00000243. The lowest BCUT2D eigenvalue weighted by molar-refractivity contribution is 0.0724. The molecular formula is C20H31IN4O. The van der Waals surface area contributed by atoms with Crippen LogP contribution in [0.1, 0.15) is 60.9 Å². The molecule has 0 saturated carbocycles. The first-order valence-electron chi connectivity index (χ1n) is 9.67. The third-order valence-electron chi connectivity index (χ3n) is 5.20. The first-order chi connectivity index (χ1) is 12.2. The Kier molecular flexibility index (Phi) is 8.68. The molecule has 0 spiro atoms. The third kappa shape index (κ3) is 5.86. The highest BCUT2D eigenvalue weighted by Crippen LogP contribution is 2.14. The van der Waals surface area contributed by atoms with Crippen LogP contribution in [0, 0.1) is 0 Å². The van der Waals surface area contributed by atoms with E-state index in [0.29, 0.717) is 12.5 Å². The Bertz CT molecular complexity index is 588. The zero-order valence-electron chi connectivity index (χ0n) is 15.5. The van der Waals surface area contributed by atoms with Gasteiger partial charge in [0.2, 0.25) is 0 Å². The van der Waals surface area contributed by atoms with E-state index in [-0.39, 0.29) is 29.9 Å². The van der Waals surface area contributed by atoms with Gasteiger partial charge in [0.05, 0.1) is 6.54 Å². The summed E-state index contributed by atoms with van der Waals surface area (Å²) in [5, 5.41) is 0. The number of halogens is 1. The van der Waals surface area contributed by atoms with E-state index in [9.17, 15) is 4.79 Å². The number of carbonyl (C=O) groups is 1. The molecule has 144 valence electrons. The molecule has 1 aromatic carbocycles. The molecule has 2 fully saturated rings. The Labute approximate surface area is 174 Å². The first kappa shape index (κ1) is 21.0. The van der Waals surface area contributed by atoms with Gasteiger partial charge in [-0.25, -0.2) is 4.99 Å². The molecule has 0 radical (unpaired) electrons. The topological polar surface area (TPSA) is 61.9 Å². The summed E-state index contributed by atoms with van der Waals surface area (Å²) in [5.74, 6) is 0.800. The molecule has 0 unspecified atom stereocenters. The fourth-order valence-corrected chi connectivity index (χ4v) is 3.60. The van der Waals surface area contributed by atoms with Gasteiger partial charge in [0.25, 0.3) is 5.91 Å². The molecule has 26 heavy (non-hydrogen) atoms. The largest absolute Gasteiger partial charge is 0.370 e. The number of nitrogens with zero attached hydrogens (tertiary/aromatic N) is 3. The average Bonchev–Trinajstić information content (AvgIpc) is 2.96. The molecule has 0 bridgehead atoms. The molecule has 0 aromatic heterocycles. The van der Waals surface area contributed by atoms with Gasteiger partial charge in [-0.1, -0.05) is 25.0 Å². The average molecular weight is 470 g/mol. The minimum atomic E-state index is 0. The normalized spacial score (nSPS) is 18.8. The summed E-state index contributed by atoms with van der Waals surface area (Å²) in [4.78, 5) is 21.2. The highest BCUT2D eigenvalue weighted by molar-refractivity contribution is 14.0. The van der Waals surface area contributed by atoms with E-state index in [1.54, 1.807) is 0 Å². The van der Waals surface area contributed by atoms with Gasteiger partial charge >= 0.3 is 0 Å². The lowest BCUT2D eigenvalue weighted by Crippen LogP contribution is -2.38. The Morgan fingerprint density at radius 3 is 1.92 bits per heavy atom. The van der Waals surface area contributed by atoms with E-state index >= 15 is 0 Å². The summed E-state index contributed by atoms with van der Waals surface area (Å²) in [6.07, 6.45) is 8.45. The number of piperidine rings is 1. The minimum Gasteiger partial charge on any atom is -0.370 e. The zero-order chi connectivity index (χ0) is 17.5. The van der Waals surface area contributed by atoms with Crippen LogP contribution in [0.15, 0.2) is 29.3 Å². The van der Waals surface area contributed by atoms with E-state index < -0.39 is 0 Å². The smallest absolute Gasteiger partial charge is 0.253 e. The predicted molar refractivity (Wildman–Crippen MR) is 117 cm³/mol. The second-order valence-electron chi connectivity index (χ2n) is 7.13. The number of nitrogens with two attached hydrogens (primary N) is 1. The van der Waals surface area contributed by atoms with Crippen LogP contribution in [-0.4, -0.2) is 47.8 Å². The predicted octanol–water partition coefficient (Wildman–Crippen LogP) is 3.62. The van der Waals surface area contributed by atoms with Crippen LogP contribution < -0.4 is 5.73 Å². The Morgan fingerprint density at radius 2 is 1.35 bits per heavy atom. The lowest BCUT2D eigenvalue weighted by atomic mass is 10.1. The van der Waals surface area contributed by atoms with Crippen molar-refractivity contribution in [2.45, 2.75) is 51.5 Å². The summed E-state index contributed by atoms with van der Waals surface area (Å²) in [6, 6.07) is 7.83. The van der Waals surface area contributed by atoms with Crippen molar-refractivity contribution in [2.75, 3.05) is 26.2 Å². The van der Waals surface area contributed by atoms with Gasteiger partial charge in [-0.3, -0.25) is 4.79 Å². The number of benzene rings is 1. The summed E-state index contributed by atoms with van der Waals surface area (Å²) in [6.45, 7) is 4.37. The number of aliphatic imine (C=N–C) groups is 1. The van der Waals surface area contributed by atoms with Crippen molar-refractivity contribution in [3.8, 4) is 0 Å². The van der Waals surface area contributed by atoms with Gasteiger partial charge in [-0.05, 0) is 49.8 Å². The van der Waals surface area contributed by atoms with Crippen molar-refractivity contribution in [2.24, 2.45) is 10.7 Å². The van der Waals surface area contributed by atoms with Crippen molar-refractivity contribution in [1.82, 2.24) is 9.80 Å². The van der Waals surface area contributed by atoms with E-state index in [1.165, 1.54) is 32.1 Å². The summed E-state index contributed by atoms with van der Waals surface area (Å²) >= 11 is 0. The number of hydrogen-bond acceptors (Lipinski definition) is 2. The van der Waals surface area contributed by atoms with E-state index in [1.807, 2.05) is 29.2 Å². The maximum absolute atomic E-state index is 12.5. The summed E-state index contributed by atoms with van der Waals surface area (Å²) in [5.41, 5.74) is 8.02. The van der Waals surface area contributed by atoms with E-state index in [2.05, 4.69) is 9.89 Å². The molecule has 5 nitrogen and oxygen atoms in total. The molecule has 6 heteroatoms. The fourth-order valence-electron chi connectivity index (χ4n) is 3.60. The molecule has 3 rings (SSSR count). The summed E-state index contributed by atoms with van der Waals surface area (Å²) < 4.78 is 0. The van der Waals surface area contributed by atoms with Gasteiger partial charge in [-0.2, -0.15) is 0 Å². The highest BCUT2D eigenvalue weighted by atomic mass is 127. The molecule has 2 aliphatic rings. The molecule has 2 N–H and O–H groups in total. The van der Waals surface area contributed by atoms with E-state index in [0.717, 1.165) is 50.1 Å². The van der Waals surface area contributed by atoms with Crippen molar-refractivity contribution in [1.29, 1.82) is 0 Å². The second kappa shape index (κ2) is 10.7. The van der Waals surface area contributed by atoms with Crippen LogP contribution >= 0.6 is 24.0 Å². The number of guanidine groups is 1. The molecule has 2 aliphatic heterocycles. The van der Waals surface area contributed by atoms with Gasteiger partial charge in [0.15, 0.2) is 5.96 Å². The number of amides is 1. The molecule has 0 atom stereocenters. The van der Waals surface area contributed by atoms with Gasteiger partial charge in [0, 0.05) is 31.7 Å². The van der Waals surface area contributed by atoms with Gasteiger partial charge in [-0.15, -0.1) is 24.0 Å². The SMILES string of the molecule is I.NC(=NCc1ccc(C(=O)N2CCCCC2)cc1)N1CCCCCC1.